The van der Waals surface area contributed by atoms with Crippen molar-refractivity contribution in [3.05, 3.63) is 60.0 Å². The molecule has 2 aromatic carbocycles. The molecule has 0 saturated heterocycles. The van der Waals surface area contributed by atoms with E-state index in [1.807, 2.05) is 42.5 Å². The predicted molar refractivity (Wildman–Crippen MR) is 108 cm³/mol. The maximum atomic E-state index is 12.6. The molecule has 150 valence electrons. The van der Waals surface area contributed by atoms with Crippen molar-refractivity contribution in [1.29, 1.82) is 0 Å². The first kappa shape index (κ1) is 19.0. The summed E-state index contributed by atoms with van der Waals surface area (Å²) >= 11 is 0. The van der Waals surface area contributed by atoms with Crippen LogP contribution in [-0.2, 0) is 16.1 Å². The zero-order valence-electron chi connectivity index (χ0n) is 16.2. The quantitative estimate of drug-likeness (QED) is 0.679. The van der Waals surface area contributed by atoms with Crippen LogP contribution in [0.25, 0.3) is 11.1 Å². The summed E-state index contributed by atoms with van der Waals surface area (Å²) in [6, 6.07) is 14.9. The highest BCUT2D eigenvalue weighted by molar-refractivity contribution is 5.94. The summed E-state index contributed by atoms with van der Waals surface area (Å²) in [5.74, 6) is 0.386. The zero-order chi connectivity index (χ0) is 20.2. The van der Waals surface area contributed by atoms with E-state index in [2.05, 4.69) is 15.6 Å². The van der Waals surface area contributed by atoms with Gasteiger partial charge >= 0.3 is 6.09 Å². The van der Waals surface area contributed by atoms with Gasteiger partial charge in [-0.2, -0.15) is 0 Å². The number of fused-ring (bicyclic) bond motifs is 1. The van der Waals surface area contributed by atoms with Crippen LogP contribution in [0.2, 0.25) is 0 Å². The van der Waals surface area contributed by atoms with E-state index < -0.39 is 6.09 Å². The third kappa shape index (κ3) is 4.74. The van der Waals surface area contributed by atoms with Gasteiger partial charge in [-0.3, -0.25) is 4.79 Å². The number of carbonyl (C=O) groups is 2. The highest BCUT2D eigenvalue weighted by atomic mass is 16.5. The first-order valence-corrected chi connectivity index (χ1v) is 9.72. The van der Waals surface area contributed by atoms with Crippen LogP contribution < -0.4 is 10.6 Å². The van der Waals surface area contributed by atoms with Crippen LogP contribution in [-0.4, -0.2) is 23.0 Å². The van der Waals surface area contributed by atoms with E-state index in [1.54, 1.807) is 13.0 Å². The fourth-order valence-electron chi connectivity index (χ4n) is 3.64. The van der Waals surface area contributed by atoms with Gasteiger partial charge in [0, 0.05) is 30.6 Å². The third-order valence-electron chi connectivity index (χ3n) is 5.10. The SMILES string of the molecule is Cc1nc2ccc(NC(=O)[C@H]3CC[C@@H](NC(=O)OCc4ccccc4)C3)cc2o1. The molecule has 1 aliphatic rings. The molecule has 1 heterocycles. The molecule has 2 N–H and O–H groups in total. The van der Waals surface area contributed by atoms with E-state index in [0.717, 1.165) is 23.9 Å². The van der Waals surface area contributed by atoms with Crippen LogP contribution >= 0.6 is 0 Å². The Labute approximate surface area is 168 Å². The Hall–Kier alpha value is -3.35. The molecular formula is C22H23N3O4. The lowest BCUT2D eigenvalue weighted by Gasteiger charge is -2.14. The van der Waals surface area contributed by atoms with E-state index in [1.165, 1.54) is 0 Å². The van der Waals surface area contributed by atoms with Crippen molar-refractivity contribution >= 4 is 28.8 Å². The molecule has 2 atom stereocenters. The maximum Gasteiger partial charge on any atom is 0.407 e. The van der Waals surface area contributed by atoms with E-state index in [4.69, 9.17) is 9.15 Å². The van der Waals surface area contributed by atoms with Crippen LogP contribution in [0.5, 0.6) is 0 Å². The average molecular weight is 393 g/mol. The summed E-state index contributed by atoms with van der Waals surface area (Å²) in [4.78, 5) is 28.9. The molecule has 1 saturated carbocycles. The zero-order valence-corrected chi connectivity index (χ0v) is 16.2. The molecule has 0 spiro atoms. The van der Waals surface area contributed by atoms with Gasteiger partial charge in [-0.25, -0.2) is 9.78 Å². The monoisotopic (exact) mass is 393 g/mol. The molecule has 4 rings (SSSR count). The maximum absolute atomic E-state index is 12.6. The lowest BCUT2D eigenvalue weighted by atomic mass is 10.1. The smallest absolute Gasteiger partial charge is 0.407 e. The lowest BCUT2D eigenvalue weighted by molar-refractivity contribution is -0.119. The summed E-state index contributed by atoms with van der Waals surface area (Å²) in [7, 11) is 0. The summed E-state index contributed by atoms with van der Waals surface area (Å²) in [6.07, 6.45) is 1.61. The number of oxazole rings is 1. The van der Waals surface area contributed by atoms with Gasteiger partial charge in [0.1, 0.15) is 12.1 Å². The minimum atomic E-state index is -0.453. The second kappa shape index (κ2) is 8.34. The number of nitrogens with zero attached hydrogens (tertiary/aromatic N) is 1. The van der Waals surface area contributed by atoms with Crippen LogP contribution in [0.15, 0.2) is 52.9 Å². The van der Waals surface area contributed by atoms with Crippen molar-refractivity contribution in [2.45, 2.75) is 38.8 Å². The number of hydrogen-bond donors (Lipinski definition) is 2. The van der Waals surface area contributed by atoms with Crippen molar-refractivity contribution in [1.82, 2.24) is 10.3 Å². The third-order valence-corrected chi connectivity index (χ3v) is 5.10. The molecule has 29 heavy (non-hydrogen) atoms. The van der Waals surface area contributed by atoms with Crippen molar-refractivity contribution in [3.63, 3.8) is 0 Å². The first-order valence-electron chi connectivity index (χ1n) is 9.72. The molecule has 2 amide bonds. The number of nitrogens with one attached hydrogen (secondary N) is 2. The summed E-state index contributed by atoms with van der Waals surface area (Å²) in [6.45, 7) is 2.02. The Kier molecular flexibility index (Phi) is 5.46. The summed E-state index contributed by atoms with van der Waals surface area (Å²) in [5, 5.41) is 5.80. The van der Waals surface area contributed by atoms with Crippen molar-refractivity contribution in [2.24, 2.45) is 5.92 Å². The van der Waals surface area contributed by atoms with Crippen molar-refractivity contribution in [3.8, 4) is 0 Å². The van der Waals surface area contributed by atoms with Crippen LogP contribution in [0, 0.1) is 12.8 Å². The molecule has 7 heteroatoms. The molecule has 1 aromatic heterocycles. The number of hydrogen-bond acceptors (Lipinski definition) is 5. The number of rotatable bonds is 5. The number of aromatic nitrogens is 1. The lowest BCUT2D eigenvalue weighted by Crippen LogP contribution is -2.34. The Bertz CT molecular complexity index is 1020. The second-order valence-corrected chi connectivity index (χ2v) is 7.32. The van der Waals surface area contributed by atoms with E-state index in [-0.39, 0.29) is 24.5 Å². The normalized spacial score (nSPS) is 18.5. The average Bonchev–Trinajstić information content (AvgIpc) is 3.32. The summed E-state index contributed by atoms with van der Waals surface area (Å²) < 4.78 is 10.8. The first-order chi connectivity index (χ1) is 14.1. The van der Waals surface area contributed by atoms with Crippen molar-refractivity contribution in [2.75, 3.05) is 5.32 Å². The van der Waals surface area contributed by atoms with Gasteiger partial charge in [-0.05, 0) is 37.0 Å². The van der Waals surface area contributed by atoms with Crippen molar-refractivity contribution < 1.29 is 18.7 Å². The Morgan fingerprint density at radius 2 is 2.00 bits per heavy atom. The fraction of sp³-hybridized carbons (Fsp3) is 0.318. The number of carbonyl (C=O) groups excluding carboxylic acids is 2. The molecule has 7 nitrogen and oxygen atoms in total. The van der Waals surface area contributed by atoms with Gasteiger partial charge in [0.2, 0.25) is 5.91 Å². The van der Waals surface area contributed by atoms with E-state index >= 15 is 0 Å². The molecule has 3 aromatic rings. The Balaban J connectivity index is 1.26. The molecule has 0 radical (unpaired) electrons. The predicted octanol–water partition coefficient (Wildman–Crippen LogP) is 4.17. The van der Waals surface area contributed by atoms with Gasteiger partial charge in [0.25, 0.3) is 0 Å². The second-order valence-electron chi connectivity index (χ2n) is 7.32. The van der Waals surface area contributed by atoms with Crippen LogP contribution in [0.4, 0.5) is 10.5 Å². The fourth-order valence-corrected chi connectivity index (χ4v) is 3.64. The van der Waals surface area contributed by atoms with Crippen LogP contribution in [0.3, 0.4) is 0 Å². The molecular weight excluding hydrogens is 370 g/mol. The standard InChI is InChI=1S/C22H23N3O4/c1-14-23-19-10-9-18(12-20(19)29-14)24-21(26)16-7-8-17(11-16)25-22(27)28-13-15-5-3-2-4-6-15/h2-6,9-10,12,16-17H,7-8,11,13H2,1H3,(H,24,26)(H,25,27)/t16-,17+/m0/s1. The van der Waals surface area contributed by atoms with E-state index in [0.29, 0.717) is 23.6 Å². The molecule has 1 fully saturated rings. The number of amides is 2. The van der Waals surface area contributed by atoms with Gasteiger partial charge in [-0.15, -0.1) is 0 Å². The Morgan fingerprint density at radius 3 is 2.83 bits per heavy atom. The molecule has 0 aliphatic heterocycles. The molecule has 1 aliphatic carbocycles. The largest absolute Gasteiger partial charge is 0.445 e. The number of aryl methyl sites for hydroxylation is 1. The topological polar surface area (TPSA) is 93.5 Å². The van der Waals surface area contributed by atoms with Gasteiger partial charge in [-0.1, -0.05) is 30.3 Å². The number of alkyl carbamates (subject to hydrolysis) is 1. The van der Waals surface area contributed by atoms with Gasteiger partial charge < -0.3 is 19.8 Å². The Morgan fingerprint density at radius 1 is 1.17 bits per heavy atom. The number of benzene rings is 2. The van der Waals surface area contributed by atoms with Crippen LogP contribution in [0.1, 0.15) is 30.7 Å². The highest BCUT2D eigenvalue weighted by Gasteiger charge is 2.31. The van der Waals surface area contributed by atoms with E-state index in [9.17, 15) is 9.59 Å². The van der Waals surface area contributed by atoms with Gasteiger partial charge in [0.15, 0.2) is 11.5 Å². The molecule has 0 unspecified atom stereocenters. The highest BCUT2D eigenvalue weighted by Crippen LogP contribution is 2.28. The number of ether oxygens (including phenoxy) is 1. The summed E-state index contributed by atoms with van der Waals surface area (Å²) in [5.41, 5.74) is 3.02. The minimum absolute atomic E-state index is 0.0532. The minimum Gasteiger partial charge on any atom is -0.445 e. The molecule has 0 bridgehead atoms. The van der Waals surface area contributed by atoms with Gasteiger partial charge in [0.05, 0.1) is 0 Å². The number of anilines is 1.